The fraction of sp³-hybridized carbons (Fsp3) is 0.357. The van der Waals surface area contributed by atoms with E-state index in [1.807, 2.05) is 0 Å². The molecule has 1 aromatic rings. The minimum absolute atomic E-state index is 0.0454. The standard InChI is InChI=1S/C14H16F2O3/c1-5-10-6-7-12(11(8-10)14(3,15)16)19-9(2)13(17)18-4/h5-9H,1H2,2-4H3/t9-/m0/s1. The van der Waals surface area contributed by atoms with E-state index in [1.54, 1.807) is 6.07 Å². The highest BCUT2D eigenvalue weighted by Crippen LogP contribution is 2.35. The molecule has 0 aromatic heterocycles. The van der Waals surface area contributed by atoms with Crippen molar-refractivity contribution >= 4 is 12.0 Å². The van der Waals surface area contributed by atoms with Gasteiger partial charge in [0, 0.05) is 6.92 Å². The highest BCUT2D eigenvalue weighted by molar-refractivity contribution is 5.74. The van der Waals surface area contributed by atoms with Crippen LogP contribution in [0.1, 0.15) is 25.0 Å². The van der Waals surface area contributed by atoms with Gasteiger partial charge in [0.05, 0.1) is 12.7 Å². The molecule has 0 saturated carbocycles. The number of esters is 1. The molecule has 0 bridgehead atoms. The van der Waals surface area contributed by atoms with Crippen LogP contribution in [-0.2, 0) is 15.5 Å². The summed E-state index contributed by atoms with van der Waals surface area (Å²) < 4.78 is 36.8. The molecule has 0 unspecified atom stereocenters. The zero-order valence-corrected chi connectivity index (χ0v) is 11.1. The van der Waals surface area contributed by atoms with Crippen LogP contribution < -0.4 is 4.74 Å². The maximum absolute atomic E-state index is 13.5. The summed E-state index contributed by atoms with van der Waals surface area (Å²) in [6.45, 7) is 5.73. The van der Waals surface area contributed by atoms with Crippen molar-refractivity contribution in [3.63, 3.8) is 0 Å². The maximum atomic E-state index is 13.5. The van der Waals surface area contributed by atoms with Gasteiger partial charge in [-0.15, -0.1) is 0 Å². The predicted octanol–water partition coefficient (Wildman–Crippen LogP) is 3.38. The Bertz CT molecular complexity index is 478. The van der Waals surface area contributed by atoms with E-state index in [9.17, 15) is 13.6 Å². The van der Waals surface area contributed by atoms with Gasteiger partial charge >= 0.3 is 5.97 Å². The molecule has 5 heteroatoms. The average molecular weight is 270 g/mol. The normalized spacial score (nSPS) is 12.7. The number of benzene rings is 1. The van der Waals surface area contributed by atoms with Gasteiger partial charge in [0.15, 0.2) is 6.10 Å². The summed E-state index contributed by atoms with van der Waals surface area (Å²) in [7, 11) is 1.21. The molecule has 0 aliphatic heterocycles. The molecule has 0 heterocycles. The molecule has 19 heavy (non-hydrogen) atoms. The molecule has 0 aliphatic rings. The largest absolute Gasteiger partial charge is 0.479 e. The zero-order valence-electron chi connectivity index (χ0n) is 11.1. The van der Waals surface area contributed by atoms with Crippen LogP contribution in [-0.4, -0.2) is 19.2 Å². The first-order valence-corrected chi connectivity index (χ1v) is 5.69. The number of alkyl halides is 2. The zero-order chi connectivity index (χ0) is 14.6. The second-order valence-electron chi connectivity index (χ2n) is 4.13. The van der Waals surface area contributed by atoms with E-state index in [1.165, 1.54) is 32.2 Å². The number of methoxy groups -OCH3 is 1. The molecule has 1 atom stereocenters. The number of hydrogen-bond donors (Lipinski definition) is 0. The minimum atomic E-state index is -3.08. The second-order valence-corrected chi connectivity index (χ2v) is 4.13. The Balaban J connectivity index is 3.13. The lowest BCUT2D eigenvalue weighted by atomic mass is 10.0. The van der Waals surface area contributed by atoms with Crippen LogP contribution in [0.15, 0.2) is 24.8 Å². The lowest BCUT2D eigenvalue weighted by Gasteiger charge is -2.19. The van der Waals surface area contributed by atoms with Gasteiger partial charge in [-0.2, -0.15) is 0 Å². The average Bonchev–Trinajstić information content (AvgIpc) is 2.36. The van der Waals surface area contributed by atoms with Gasteiger partial charge in [-0.05, 0) is 24.6 Å². The quantitative estimate of drug-likeness (QED) is 0.769. The van der Waals surface area contributed by atoms with Gasteiger partial charge in [0.2, 0.25) is 0 Å². The first kappa shape index (κ1) is 15.1. The topological polar surface area (TPSA) is 35.5 Å². The van der Waals surface area contributed by atoms with E-state index in [2.05, 4.69) is 11.3 Å². The highest BCUT2D eigenvalue weighted by atomic mass is 19.3. The van der Waals surface area contributed by atoms with E-state index in [0.29, 0.717) is 5.56 Å². The van der Waals surface area contributed by atoms with Crippen molar-refractivity contribution < 1.29 is 23.0 Å². The Hall–Kier alpha value is -1.91. The third-order valence-corrected chi connectivity index (χ3v) is 2.55. The van der Waals surface area contributed by atoms with Gasteiger partial charge in [0.25, 0.3) is 5.92 Å². The maximum Gasteiger partial charge on any atom is 0.346 e. The molecule has 1 aromatic carbocycles. The van der Waals surface area contributed by atoms with Crippen LogP contribution in [0.25, 0.3) is 6.08 Å². The number of carbonyl (C=O) groups excluding carboxylic acids is 1. The van der Waals surface area contributed by atoms with Gasteiger partial charge in [0.1, 0.15) is 5.75 Å². The van der Waals surface area contributed by atoms with Crippen molar-refractivity contribution in [1.29, 1.82) is 0 Å². The van der Waals surface area contributed by atoms with Gasteiger partial charge < -0.3 is 9.47 Å². The number of rotatable bonds is 5. The van der Waals surface area contributed by atoms with E-state index in [0.717, 1.165) is 6.92 Å². The third-order valence-electron chi connectivity index (χ3n) is 2.55. The fourth-order valence-electron chi connectivity index (χ4n) is 1.52. The number of ether oxygens (including phenoxy) is 2. The molecular formula is C14H16F2O3. The fourth-order valence-corrected chi connectivity index (χ4v) is 1.52. The van der Waals surface area contributed by atoms with Crippen LogP contribution in [0.5, 0.6) is 5.75 Å². The molecule has 0 fully saturated rings. The lowest BCUT2D eigenvalue weighted by molar-refractivity contribution is -0.148. The van der Waals surface area contributed by atoms with Crippen molar-refractivity contribution in [2.24, 2.45) is 0 Å². The van der Waals surface area contributed by atoms with Crippen LogP contribution in [0, 0.1) is 0 Å². The smallest absolute Gasteiger partial charge is 0.346 e. The third kappa shape index (κ3) is 3.77. The van der Waals surface area contributed by atoms with Gasteiger partial charge in [-0.25, -0.2) is 13.6 Å². The van der Waals surface area contributed by atoms with Crippen molar-refractivity contribution in [3.8, 4) is 5.75 Å². The SMILES string of the molecule is C=Cc1ccc(O[C@@H](C)C(=O)OC)c(C(C)(F)F)c1. The molecule has 0 amide bonds. The molecule has 104 valence electrons. The molecule has 0 N–H and O–H groups in total. The van der Waals surface area contributed by atoms with Gasteiger partial charge in [-0.1, -0.05) is 18.7 Å². The molecule has 0 aliphatic carbocycles. The van der Waals surface area contributed by atoms with E-state index < -0.39 is 18.0 Å². The molecule has 1 rings (SSSR count). The van der Waals surface area contributed by atoms with E-state index in [-0.39, 0.29) is 11.3 Å². The minimum Gasteiger partial charge on any atom is -0.479 e. The summed E-state index contributed by atoms with van der Waals surface area (Å²) in [5.74, 6) is -3.75. The first-order valence-electron chi connectivity index (χ1n) is 5.69. The number of hydrogen-bond acceptors (Lipinski definition) is 3. The summed E-state index contributed by atoms with van der Waals surface area (Å²) in [5, 5.41) is 0. The summed E-state index contributed by atoms with van der Waals surface area (Å²) in [6, 6.07) is 4.26. The Labute approximate surface area is 110 Å². The van der Waals surface area contributed by atoms with Crippen molar-refractivity contribution in [2.75, 3.05) is 7.11 Å². The van der Waals surface area contributed by atoms with Crippen LogP contribution >= 0.6 is 0 Å². The second kappa shape index (κ2) is 5.82. The number of carbonyl (C=O) groups is 1. The Kier molecular flexibility index (Phi) is 4.64. The van der Waals surface area contributed by atoms with Crippen molar-refractivity contribution in [3.05, 3.63) is 35.9 Å². The van der Waals surface area contributed by atoms with Crippen LogP contribution in [0.2, 0.25) is 0 Å². The monoisotopic (exact) mass is 270 g/mol. The van der Waals surface area contributed by atoms with E-state index in [4.69, 9.17) is 4.74 Å². The molecule has 0 spiro atoms. The Morgan fingerprint density at radius 2 is 2.11 bits per heavy atom. The summed E-state index contributed by atoms with van der Waals surface area (Å²) in [4.78, 5) is 11.2. The number of halogens is 2. The molecule has 0 radical (unpaired) electrons. The predicted molar refractivity (Wildman–Crippen MR) is 68.2 cm³/mol. The first-order chi connectivity index (χ1) is 8.79. The summed E-state index contributed by atoms with van der Waals surface area (Å²) >= 11 is 0. The molecule has 0 saturated heterocycles. The lowest BCUT2D eigenvalue weighted by Crippen LogP contribution is -2.26. The van der Waals surface area contributed by atoms with Crippen molar-refractivity contribution in [1.82, 2.24) is 0 Å². The van der Waals surface area contributed by atoms with Crippen molar-refractivity contribution in [2.45, 2.75) is 25.9 Å². The summed E-state index contributed by atoms with van der Waals surface area (Å²) in [5.41, 5.74) is 0.259. The van der Waals surface area contributed by atoms with E-state index >= 15 is 0 Å². The summed E-state index contributed by atoms with van der Waals surface area (Å²) in [6.07, 6.45) is 0.503. The molecular weight excluding hydrogens is 254 g/mol. The van der Waals surface area contributed by atoms with Gasteiger partial charge in [-0.3, -0.25) is 0 Å². The molecule has 3 nitrogen and oxygen atoms in total. The van der Waals surface area contributed by atoms with Crippen LogP contribution in [0.4, 0.5) is 8.78 Å². The Morgan fingerprint density at radius 1 is 1.47 bits per heavy atom. The highest BCUT2D eigenvalue weighted by Gasteiger charge is 2.30. The Morgan fingerprint density at radius 3 is 2.58 bits per heavy atom. The van der Waals surface area contributed by atoms with Crippen LogP contribution in [0.3, 0.4) is 0 Å².